The Bertz CT molecular complexity index is 598. The maximum atomic E-state index is 12.1. The number of hydrogen-bond acceptors (Lipinski definition) is 5. The lowest BCUT2D eigenvalue weighted by atomic mass is 9.95. The van der Waals surface area contributed by atoms with Crippen molar-refractivity contribution in [3.63, 3.8) is 0 Å². The Hall–Kier alpha value is -2.17. The van der Waals surface area contributed by atoms with E-state index in [0.29, 0.717) is 24.8 Å². The molecule has 0 heterocycles. The van der Waals surface area contributed by atoms with Gasteiger partial charge in [0.25, 0.3) is 0 Å². The fraction of sp³-hybridized carbons (Fsp3) is 0.526. The van der Waals surface area contributed by atoms with Gasteiger partial charge in [-0.25, -0.2) is 4.79 Å². The Balaban J connectivity index is 2.65. The maximum absolute atomic E-state index is 12.1. The third kappa shape index (κ3) is 6.52. The molecule has 0 bridgehead atoms. The Morgan fingerprint density at radius 2 is 1.83 bits per heavy atom. The largest absolute Gasteiger partial charge is 0.465 e. The van der Waals surface area contributed by atoms with Crippen molar-refractivity contribution in [2.24, 2.45) is 5.92 Å². The highest BCUT2D eigenvalue weighted by Crippen LogP contribution is 2.18. The summed E-state index contributed by atoms with van der Waals surface area (Å²) in [6.07, 6.45) is 1.73. The summed E-state index contributed by atoms with van der Waals surface area (Å²) in [7, 11) is 1.34. The molecule has 0 radical (unpaired) electrons. The number of Topliss-reactive ketones (excluding diaryl/α,β-unsaturated/α-hetero) is 1. The highest BCUT2D eigenvalue weighted by atomic mass is 16.6. The van der Waals surface area contributed by atoms with Crippen molar-refractivity contribution in [2.45, 2.75) is 52.6 Å². The molecule has 5 nitrogen and oxygen atoms in total. The molecule has 0 saturated heterocycles. The molecular formula is C19H26O5. The molecule has 132 valence electrons. The van der Waals surface area contributed by atoms with Crippen LogP contribution >= 0.6 is 0 Å². The highest BCUT2D eigenvalue weighted by Gasteiger charge is 2.28. The minimum Gasteiger partial charge on any atom is -0.465 e. The van der Waals surface area contributed by atoms with Crippen molar-refractivity contribution in [2.75, 3.05) is 7.11 Å². The van der Waals surface area contributed by atoms with Crippen LogP contribution < -0.4 is 0 Å². The fourth-order valence-corrected chi connectivity index (χ4v) is 2.34. The quantitative estimate of drug-likeness (QED) is 0.565. The fourth-order valence-electron chi connectivity index (χ4n) is 2.34. The zero-order valence-corrected chi connectivity index (χ0v) is 15.0. The van der Waals surface area contributed by atoms with Crippen LogP contribution in [0.5, 0.6) is 0 Å². The van der Waals surface area contributed by atoms with Crippen molar-refractivity contribution in [1.82, 2.24) is 0 Å². The molecule has 24 heavy (non-hydrogen) atoms. The molecule has 1 aromatic carbocycles. The molecule has 1 aromatic rings. The number of hydrogen-bond donors (Lipinski definition) is 0. The second-order valence-electron chi connectivity index (χ2n) is 6.78. The van der Waals surface area contributed by atoms with E-state index in [-0.39, 0.29) is 11.8 Å². The summed E-state index contributed by atoms with van der Waals surface area (Å²) >= 11 is 0. The van der Waals surface area contributed by atoms with Crippen LogP contribution in [0, 0.1) is 5.92 Å². The Morgan fingerprint density at radius 1 is 1.17 bits per heavy atom. The van der Waals surface area contributed by atoms with E-state index < -0.39 is 17.5 Å². The van der Waals surface area contributed by atoms with Gasteiger partial charge in [0.15, 0.2) is 0 Å². The molecule has 0 aliphatic heterocycles. The van der Waals surface area contributed by atoms with Crippen LogP contribution in [-0.4, -0.2) is 30.4 Å². The number of rotatable bonds is 7. The van der Waals surface area contributed by atoms with Crippen LogP contribution in [0.15, 0.2) is 24.3 Å². The van der Waals surface area contributed by atoms with Gasteiger partial charge in [0, 0.05) is 0 Å². The molecule has 0 aliphatic rings. The zero-order valence-electron chi connectivity index (χ0n) is 15.0. The summed E-state index contributed by atoms with van der Waals surface area (Å²) < 4.78 is 10.0. The molecule has 1 rings (SSSR count). The van der Waals surface area contributed by atoms with Gasteiger partial charge in [-0.15, -0.1) is 0 Å². The van der Waals surface area contributed by atoms with Gasteiger partial charge < -0.3 is 9.47 Å². The highest BCUT2D eigenvalue weighted by molar-refractivity contribution is 5.97. The van der Waals surface area contributed by atoms with Gasteiger partial charge in [-0.1, -0.05) is 12.1 Å². The predicted molar refractivity (Wildman–Crippen MR) is 90.7 cm³/mol. The third-order valence-corrected chi connectivity index (χ3v) is 3.49. The second-order valence-corrected chi connectivity index (χ2v) is 6.78. The minimum atomic E-state index is -0.743. The number of aryl methyl sites for hydroxylation is 1. The van der Waals surface area contributed by atoms with E-state index in [1.165, 1.54) is 14.0 Å². The monoisotopic (exact) mass is 334 g/mol. The maximum Gasteiger partial charge on any atom is 0.337 e. The number of esters is 2. The lowest BCUT2D eigenvalue weighted by molar-refractivity contribution is -0.162. The van der Waals surface area contributed by atoms with E-state index in [2.05, 4.69) is 0 Å². The summed E-state index contributed by atoms with van der Waals surface area (Å²) in [6.45, 7) is 6.74. The van der Waals surface area contributed by atoms with E-state index in [9.17, 15) is 14.4 Å². The molecule has 0 N–H and O–H groups in total. The van der Waals surface area contributed by atoms with E-state index in [0.717, 1.165) is 5.56 Å². The molecular weight excluding hydrogens is 308 g/mol. The zero-order chi connectivity index (χ0) is 18.3. The summed E-state index contributed by atoms with van der Waals surface area (Å²) in [6, 6.07) is 7.15. The average molecular weight is 334 g/mol. The number of benzene rings is 1. The Kier molecular flexibility index (Phi) is 7.14. The first-order chi connectivity index (χ1) is 11.1. The van der Waals surface area contributed by atoms with Gasteiger partial charge in [0.2, 0.25) is 0 Å². The van der Waals surface area contributed by atoms with Crippen LogP contribution in [-0.2, 0) is 25.5 Å². The molecule has 0 unspecified atom stereocenters. The van der Waals surface area contributed by atoms with Crippen molar-refractivity contribution in [3.8, 4) is 0 Å². The molecule has 0 amide bonds. The van der Waals surface area contributed by atoms with Crippen LogP contribution in [0.1, 0.15) is 56.5 Å². The molecule has 0 aromatic heterocycles. The van der Waals surface area contributed by atoms with Gasteiger partial charge in [-0.3, -0.25) is 9.59 Å². The van der Waals surface area contributed by atoms with Crippen molar-refractivity contribution < 1.29 is 23.9 Å². The van der Waals surface area contributed by atoms with Crippen LogP contribution in [0.2, 0.25) is 0 Å². The predicted octanol–water partition coefficient (Wildman–Crippen LogP) is 3.34. The number of carbonyl (C=O) groups excluding carboxylic acids is 3. The molecule has 0 spiro atoms. The number of ether oxygens (including phenoxy) is 2. The van der Waals surface area contributed by atoms with Gasteiger partial charge in [0.05, 0.1) is 12.7 Å². The van der Waals surface area contributed by atoms with Gasteiger partial charge >= 0.3 is 11.9 Å². The van der Waals surface area contributed by atoms with Crippen LogP contribution in [0.4, 0.5) is 0 Å². The second kappa shape index (κ2) is 8.62. The van der Waals surface area contributed by atoms with Gasteiger partial charge in [-0.05, 0) is 64.7 Å². The van der Waals surface area contributed by atoms with Gasteiger partial charge in [-0.2, -0.15) is 0 Å². The normalized spacial score (nSPS) is 12.4. The van der Waals surface area contributed by atoms with E-state index >= 15 is 0 Å². The molecule has 0 fully saturated rings. The minimum absolute atomic E-state index is 0.187. The first-order valence-electron chi connectivity index (χ1n) is 8.04. The number of carbonyl (C=O) groups is 3. The summed E-state index contributed by atoms with van der Waals surface area (Å²) in [5.41, 5.74) is 0.842. The topological polar surface area (TPSA) is 69.7 Å². The summed E-state index contributed by atoms with van der Waals surface area (Å²) in [5, 5.41) is 0. The van der Waals surface area contributed by atoms with Crippen LogP contribution in [0.25, 0.3) is 0 Å². The summed E-state index contributed by atoms with van der Waals surface area (Å²) in [5.74, 6) is -1.79. The first kappa shape index (κ1) is 19.9. The van der Waals surface area contributed by atoms with Gasteiger partial charge in [0.1, 0.15) is 17.3 Å². The smallest absolute Gasteiger partial charge is 0.337 e. The van der Waals surface area contributed by atoms with Crippen molar-refractivity contribution in [1.29, 1.82) is 0 Å². The molecule has 0 saturated carbocycles. The van der Waals surface area contributed by atoms with E-state index in [4.69, 9.17) is 9.47 Å². The van der Waals surface area contributed by atoms with E-state index in [1.54, 1.807) is 39.0 Å². The lowest BCUT2D eigenvalue weighted by Crippen LogP contribution is -2.32. The van der Waals surface area contributed by atoms with Crippen molar-refractivity contribution >= 4 is 17.7 Å². The molecule has 5 heteroatoms. The molecule has 1 atom stereocenters. The average Bonchev–Trinajstić information content (AvgIpc) is 2.48. The summed E-state index contributed by atoms with van der Waals surface area (Å²) in [4.78, 5) is 35.4. The first-order valence-corrected chi connectivity index (χ1v) is 8.04. The third-order valence-electron chi connectivity index (χ3n) is 3.49. The SMILES string of the molecule is COC(=O)c1cccc(CCC[C@@H](C(C)=O)C(=O)OC(C)(C)C)c1. The lowest BCUT2D eigenvalue weighted by Gasteiger charge is -2.22. The van der Waals surface area contributed by atoms with Crippen molar-refractivity contribution in [3.05, 3.63) is 35.4 Å². The van der Waals surface area contributed by atoms with E-state index in [1.807, 2.05) is 6.07 Å². The number of ketones is 1. The standard InChI is InChI=1S/C19H26O5/c1-13(20)16(18(22)24-19(2,3)4)11-7-9-14-8-6-10-15(12-14)17(21)23-5/h6,8,10,12,16H,7,9,11H2,1-5H3/t16-/m0/s1. The number of methoxy groups -OCH3 is 1. The Labute approximate surface area is 143 Å². The van der Waals surface area contributed by atoms with Crippen LogP contribution in [0.3, 0.4) is 0 Å². The Morgan fingerprint density at radius 3 is 2.38 bits per heavy atom. The molecule has 0 aliphatic carbocycles.